The largest absolute Gasteiger partial charge is 0.493 e. The quantitative estimate of drug-likeness (QED) is 0.486. The maximum absolute atomic E-state index is 5.44. The van der Waals surface area contributed by atoms with Gasteiger partial charge in [0, 0.05) is 45.6 Å². The molecule has 0 bridgehead atoms. The number of fused-ring (bicyclic) bond motifs is 1. The van der Waals surface area contributed by atoms with E-state index in [9.17, 15) is 0 Å². The van der Waals surface area contributed by atoms with Crippen molar-refractivity contribution in [3.05, 3.63) is 41.7 Å². The topological polar surface area (TPSA) is 63.9 Å². The number of rotatable bonds is 6. The molecule has 7 nitrogen and oxygen atoms in total. The standard InChI is InChI=1S/C19H27N5O2/c1-20-19(21-7-4-9-24-10-5-8-22-24)23-11-6-15-12-17(25-2)18(26-3)13-16(15)14-23/h5,8,10,12-13H,4,6-7,9,11,14H2,1-3H3,(H,20,21). The van der Waals surface area contributed by atoms with Gasteiger partial charge in [0.15, 0.2) is 17.5 Å². The van der Waals surface area contributed by atoms with Gasteiger partial charge in [-0.15, -0.1) is 0 Å². The second kappa shape index (κ2) is 8.60. The molecule has 0 spiro atoms. The highest BCUT2D eigenvalue weighted by molar-refractivity contribution is 5.80. The van der Waals surface area contributed by atoms with E-state index in [0.29, 0.717) is 0 Å². The number of methoxy groups -OCH3 is 2. The first-order chi connectivity index (χ1) is 12.7. The molecule has 0 radical (unpaired) electrons. The van der Waals surface area contributed by atoms with Crippen LogP contribution in [-0.4, -0.2) is 55.0 Å². The van der Waals surface area contributed by atoms with Crippen molar-refractivity contribution in [1.82, 2.24) is 20.0 Å². The van der Waals surface area contributed by atoms with Crippen molar-refractivity contribution in [2.75, 3.05) is 34.4 Å². The Bertz CT molecular complexity index is 743. The van der Waals surface area contributed by atoms with Crippen LogP contribution >= 0.6 is 0 Å². The van der Waals surface area contributed by atoms with Gasteiger partial charge >= 0.3 is 0 Å². The molecule has 2 aromatic rings. The number of nitrogens with one attached hydrogen (secondary N) is 1. The van der Waals surface area contributed by atoms with E-state index >= 15 is 0 Å². The lowest BCUT2D eigenvalue weighted by Crippen LogP contribution is -2.44. The zero-order chi connectivity index (χ0) is 18.4. The molecule has 1 aliphatic rings. The summed E-state index contributed by atoms with van der Waals surface area (Å²) in [6, 6.07) is 6.11. The van der Waals surface area contributed by atoms with Crippen molar-refractivity contribution in [1.29, 1.82) is 0 Å². The zero-order valence-corrected chi connectivity index (χ0v) is 15.7. The van der Waals surface area contributed by atoms with E-state index in [-0.39, 0.29) is 0 Å². The van der Waals surface area contributed by atoms with E-state index in [1.165, 1.54) is 11.1 Å². The number of ether oxygens (including phenoxy) is 2. The van der Waals surface area contributed by atoms with Gasteiger partial charge in [-0.05, 0) is 42.2 Å². The number of benzene rings is 1. The number of nitrogens with zero attached hydrogens (tertiary/aromatic N) is 4. The van der Waals surface area contributed by atoms with Crippen molar-refractivity contribution in [2.45, 2.75) is 25.9 Å². The van der Waals surface area contributed by atoms with Crippen molar-refractivity contribution in [2.24, 2.45) is 4.99 Å². The molecule has 0 fully saturated rings. The molecule has 0 saturated heterocycles. The van der Waals surface area contributed by atoms with E-state index in [4.69, 9.17) is 9.47 Å². The van der Waals surface area contributed by atoms with Crippen LogP contribution in [0, 0.1) is 0 Å². The van der Waals surface area contributed by atoms with Crippen LogP contribution in [0.3, 0.4) is 0 Å². The smallest absolute Gasteiger partial charge is 0.193 e. The summed E-state index contributed by atoms with van der Waals surface area (Å²) < 4.78 is 12.8. The molecule has 0 saturated carbocycles. The van der Waals surface area contributed by atoms with Gasteiger partial charge in [0.1, 0.15) is 0 Å². The van der Waals surface area contributed by atoms with E-state index in [2.05, 4.69) is 32.4 Å². The minimum absolute atomic E-state index is 0.773. The number of hydrogen-bond donors (Lipinski definition) is 1. The van der Waals surface area contributed by atoms with Crippen LogP contribution in [0.4, 0.5) is 0 Å². The molecule has 3 rings (SSSR count). The highest BCUT2D eigenvalue weighted by atomic mass is 16.5. The molecular formula is C19H27N5O2. The molecule has 2 heterocycles. The lowest BCUT2D eigenvalue weighted by atomic mass is 9.99. The van der Waals surface area contributed by atoms with Gasteiger partial charge in [0.05, 0.1) is 14.2 Å². The number of guanidine groups is 1. The second-order valence-corrected chi connectivity index (χ2v) is 6.24. The van der Waals surface area contributed by atoms with Crippen molar-refractivity contribution >= 4 is 5.96 Å². The Labute approximate surface area is 154 Å². The van der Waals surface area contributed by atoms with Crippen LogP contribution < -0.4 is 14.8 Å². The van der Waals surface area contributed by atoms with Gasteiger partial charge in [-0.2, -0.15) is 5.10 Å². The SMILES string of the molecule is CN=C(NCCCn1cccn1)N1CCc2cc(OC)c(OC)cc2C1. The first-order valence-electron chi connectivity index (χ1n) is 8.92. The number of aliphatic imine (C=N–C) groups is 1. The summed E-state index contributed by atoms with van der Waals surface area (Å²) in [6.45, 7) is 3.51. The predicted molar refractivity (Wildman–Crippen MR) is 102 cm³/mol. The van der Waals surface area contributed by atoms with E-state index < -0.39 is 0 Å². The summed E-state index contributed by atoms with van der Waals surface area (Å²) in [5.41, 5.74) is 2.57. The maximum Gasteiger partial charge on any atom is 0.193 e. The van der Waals surface area contributed by atoms with Gasteiger partial charge < -0.3 is 19.7 Å². The first kappa shape index (κ1) is 18.1. The van der Waals surface area contributed by atoms with Crippen molar-refractivity contribution in [3.8, 4) is 11.5 Å². The van der Waals surface area contributed by atoms with Crippen LogP contribution in [0.25, 0.3) is 0 Å². The molecule has 0 atom stereocenters. The number of aromatic nitrogens is 2. The molecule has 7 heteroatoms. The molecule has 140 valence electrons. The monoisotopic (exact) mass is 357 g/mol. The predicted octanol–water partition coefficient (Wildman–Crippen LogP) is 1.92. The lowest BCUT2D eigenvalue weighted by molar-refractivity contribution is 0.345. The fraction of sp³-hybridized carbons (Fsp3) is 0.474. The van der Waals surface area contributed by atoms with Gasteiger partial charge in [-0.3, -0.25) is 9.67 Å². The van der Waals surface area contributed by atoms with Gasteiger partial charge in [-0.25, -0.2) is 0 Å². The lowest BCUT2D eigenvalue weighted by Gasteiger charge is -2.32. The Hall–Kier alpha value is -2.70. The Morgan fingerprint density at radius 1 is 1.23 bits per heavy atom. The summed E-state index contributed by atoms with van der Waals surface area (Å²) in [6.07, 6.45) is 5.75. The highest BCUT2D eigenvalue weighted by Crippen LogP contribution is 2.33. The Morgan fingerprint density at radius 2 is 2.00 bits per heavy atom. The number of hydrogen-bond acceptors (Lipinski definition) is 4. The second-order valence-electron chi connectivity index (χ2n) is 6.24. The molecule has 0 amide bonds. The summed E-state index contributed by atoms with van der Waals surface area (Å²) in [7, 11) is 5.18. The molecule has 0 aliphatic carbocycles. The fourth-order valence-electron chi connectivity index (χ4n) is 3.27. The third kappa shape index (κ3) is 4.09. The third-order valence-electron chi connectivity index (χ3n) is 4.64. The van der Waals surface area contributed by atoms with Crippen LogP contribution in [0.2, 0.25) is 0 Å². The molecule has 26 heavy (non-hydrogen) atoms. The van der Waals surface area contributed by atoms with E-state index in [0.717, 1.165) is 56.5 Å². The Balaban J connectivity index is 1.59. The van der Waals surface area contributed by atoms with E-state index in [1.807, 2.05) is 24.0 Å². The van der Waals surface area contributed by atoms with Gasteiger partial charge in [-0.1, -0.05) is 0 Å². The summed E-state index contributed by atoms with van der Waals surface area (Å²) >= 11 is 0. The maximum atomic E-state index is 5.44. The molecular weight excluding hydrogens is 330 g/mol. The minimum Gasteiger partial charge on any atom is -0.493 e. The summed E-state index contributed by atoms with van der Waals surface area (Å²) in [4.78, 5) is 6.73. The average Bonchev–Trinajstić information content (AvgIpc) is 3.20. The Morgan fingerprint density at radius 3 is 2.65 bits per heavy atom. The molecule has 1 N–H and O–H groups in total. The number of aryl methyl sites for hydroxylation is 1. The third-order valence-corrected chi connectivity index (χ3v) is 4.64. The van der Waals surface area contributed by atoms with Gasteiger partial charge in [0.25, 0.3) is 0 Å². The molecule has 1 aromatic heterocycles. The minimum atomic E-state index is 0.773. The van der Waals surface area contributed by atoms with Crippen LogP contribution in [0.15, 0.2) is 35.6 Å². The molecule has 0 unspecified atom stereocenters. The fourth-order valence-corrected chi connectivity index (χ4v) is 3.27. The van der Waals surface area contributed by atoms with Crippen LogP contribution in [0.5, 0.6) is 11.5 Å². The first-order valence-corrected chi connectivity index (χ1v) is 8.92. The summed E-state index contributed by atoms with van der Waals surface area (Å²) in [5, 5.41) is 7.69. The highest BCUT2D eigenvalue weighted by Gasteiger charge is 2.21. The normalized spacial score (nSPS) is 14.1. The van der Waals surface area contributed by atoms with E-state index in [1.54, 1.807) is 20.4 Å². The van der Waals surface area contributed by atoms with Crippen molar-refractivity contribution in [3.63, 3.8) is 0 Å². The molecule has 1 aliphatic heterocycles. The summed E-state index contributed by atoms with van der Waals surface area (Å²) in [5.74, 6) is 2.50. The Kier molecular flexibility index (Phi) is 5.99. The van der Waals surface area contributed by atoms with Crippen LogP contribution in [0.1, 0.15) is 17.5 Å². The molecule has 1 aromatic carbocycles. The average molecular weight is 357 g/mol. The zero-order valence-electron chi connectivity index (χ0n) is 15.7. The van der Waals surface area contributed by atoms with Crippen LogP contribution in [-0.2, 0) is 19.5 Å². The van der Waals surface area contributed by atoms with Gasteiger partial charge in [0.2, 0.25) is 0 Å². The van der Waals surface area contributed by atoms with Crippen molar-refractivity contribution < 1.29 is 9.47 Å².